The first-order valence-corrected chi connectivity index (χ1v) is 5.89. The summed E-state index contributed by atoms with van der Waals surface area (Å²) in [7, 11) is 2.64. The monoisotopic (exact) mass is 275 g/mol. The number of benzene rings is 2. The first kappa shape index (κ1) is 13.9. The van der Waals surface area contributed by atoms with Crippen LogP contribution >= 0.6 is 0 Å². The molecule has 2 N–H and O–H groups in total. The van der Waals surface area contributed by atoms with Crippen LogP contribution in [0.15, 0.2) is 36.4 Å². The van der Waals surface area contributed by atoms with Crippen molar-refractivity contribution in [2.45, 2.75) is 0 Å². The van der Waals surface area contributed by atoms with Gasteiger partial charge in [-0.05, 0) is 23.8 Å². The Morgan fingerprint density at radius 1 is 1.15 bits per heavy atom. The van der Waals surface area contributed by atoms with Crippen LogP contribution in [0.25, 0.3) is 11.1 Å². The lowest BCUT2D eigenvalue weighted by Crippen LogP contribution is -2.05. The number of ether oxygens (including phenoxy) is 2. The molecule has 0 spiro atoms. The standard InChI is InChI=1S/C15H14FNO3/c1-19-13-5-3-4-11(14(13)16)10-7-6-9(17)8-12(10)15(18)20-2/h3-8H,17H2,1-2H3. The second kappa shape index (κ2) is 5.61. The largest absolute Gasteiger partial charge is 0.494 e. The minimum atomic E-state index is -0.575. The molecule has 0 amide bonds. The van der Waals surface area contributed by atoms with Gasteiger partial charge in [0.2, 0.25) is 0 Å². The van der Waals surface area contributed by atoms with Gasteiger partial charge in [-0.25, -0.2) is 9.18 Å². The summed E-state index contributed by atoms with van der Waals surface area (Å²) in [6.45, 7) is 0. The van der Waals surface area contributed by atoms with E-state index in [1.54, 1.807) is 24.3 Å². The second-order valence-corrected chi connectivity index (χ2v) is 4.12. The van der Waals surface area contributed by atoms with E-state index in [-0.39, 0.29) is 16.9 Å². The van der Waals surface area contributed by atoms with Crippen LogP contribution < -0.4 is 10.5 Å². The highest BCUT2D eigenvalue weighted by molar-refractivity contribution is 5.98. The zero-order valence-corrected chi connectivity index (χ0v) is 11.1. The number of carbonyl (C=O) groups excluding carboxylic acids is 1. The van der Waals surface area contributed by atoms with Crippen LogP contribution in [0.2, 0.25) is 0 Å². The first-order valence-electron chi connectivity index (χ1n) is 5.89. The Hall–Kier alpha value is -2.56. The number of hydrogen-bond donors (Lipinski definition) is 1. The van der Waals surface area contributed by atoms with Crippen LogP contribution in [0.5, 0.6) is 5.75 Å². The highest BCUT2D eigenvalue weighted by Crippen LogP contribution is 2.32. The van der Waals surface area contributed by atoms with Gasteiger partial charge < -0.3 is 15.2 Å². The van der Waals surface area contributed by atoms with Crippen molar-refractivity contribution in [1.29, 1.82) is 0 Å². The predicted octanol–water partition coefficient (Wildman–Crippen LogP) is 2.87. The van der Waals surface area contributed by atoms with Gasteiger partial charge in [-0.15, -0.1) is 0 Å². The lowest BCUT2D eigenvalue weighted by atomic mass is 9.98. The zero-order valence-electron chi connectivity index (χ0n) is 11.1. The van der Waals surface area contributed by atoms with E-state index < -0.39 is 11.8 Å². The maximum Gasteiger partial charge on any atom is 0.338 e. The fraction of sp³-hybridized carbons (Fsp3) is 0.133. The molecule has 0 saturated heterocycles. The van der Waals surface area contributed by atoms with Crippen LogP contribution in [-0.4, -0.2) is 20.2 Å². The van der Waals surface area contributed by atoms with Crippen molar-refractivity contribution in [3.8, 4) is 16.9 Å². The molecule has 0 unspecified atom stereocenters. The maximum absolute atomic E-state index is 14.3. The van der Waals surface area contributed by atoms with Crippen molar-refractivity contribution in [2.75, 3.05) is 20.0 Å². The van der Waals surface area contributed by atoms with Crippen molar-refractivity contribution in [1.82, 2.24) is 0 Å². The normalized spacial score (nSPS) is 10.2. The summed E-state index contributed by atoms with van der Waals surface area (Å²) in [6, 6.07) is 9.36. The number of halogens is 1. The van der Waals surface area contributed by atoms with Crippen molar-refractivity contribution >= 4 is 11.7 Å². The molecule has 0 saturated carbocycles. The Bertz CT molecular complexity index is 656. The van der Waals surface area contributed by atoms with E-state index in [1.165, 1.54) is 26.4 Å². The summed E-state index contributed by atoms with van der Waals surface area (Å²) in [5.74, 6) is -1.01. The lowest BCUT2D eigenvalue weighted by Gasteiger charge is -2.11. The molecule has 104 valence electrons. The molecule has 0 aliphatic heterocycles. The summed E-state index contributed by atoms with van der Waals surface area (Å²) in [4.78, 5) is 11.8. The number of esters is 1. The Morgan fingerprint density at radius 2 is 1.90 bits per heavy atom. The first-order chi connectivity index (χ1) is 9.58. The molecule has 0 heterocycles. The molecule has 20 heavy (non-hydrogen) atoms. The van der Waals surface area contributed by atoms with Gasteiger partial charge in [0.25, 0.3) is 0 Å². The van der Waals surface area contributed by atoms with E-state index in [1.807, 2.05) is 0 Å². The third kappa shape index (κ3) is 2.42. The Balaban J connectivity index is 2.67. The molecular weight excluding hydrogens is 261 g/mol. The molecule has 0 fully saturated rings. The van der Waals surface area contributed by atoms with Crippen LogP contribution in [0.1, 0.15) is 10.4 Å². The molecule has 4 nitrogen and oxygen atoms in total. The third-order valence-electron chi connectivity index (χ3n) is 2.92. The fourth-order valence-corrected chi connectivity index (χ4v) is 1.95. The molecule has 0 radical (unpaired) electrons. The molecule has 0 atom stereocenters. The number of methoxy groups -OCH3 is 2. The quantitative estimate of drug-likeness (QED) is 0.691. The molecular formula is C15H14FNO3. The Kier molecular flexibility index (Phi) is 3.89. The molecule has 0 bridgehead atoms. The molecule has 0 aromatic heterocycles. The number of nitrogen functional groups attached to an aromatic ring is 1. The average Bonchev–Trinajstić information content (AvgIpc) is 2.47. The maximum atomic E-state index is 14.3. The number of anilines is 1. The van der Waals surface area contributed by atoms with Crippen LogP contribution in [0.3, 0.4) is 0 Å². The third-order valence-corrected chi connectivity index (χ3v) is 2.92. The molecule has 2 aromatic carbocycles. The Labute approximate surface area is 115 Å². The van der Waals surface area contributed by atoms with Gasteiger partial charge in [0.15, 0.2) is 11.6 Å². The minimum Gasteiger partial charge on any atom is -0.494 e. The number of carbonyl (C=O) groups is 1. The van der Waals surface area contributed by atoms with E-state index >= 15 is 0 Å². The molecule has 0 aliphatic rings. The Morgan fingerprint density at radius 3 is 2.55 bits per heavy atom. The van der Waals surface area contributed by atoms with Gasteiger partial charge in [-0.1, -0.05) is 18.2 Å². The fourth-order valence-electron chi connectivity index (χ4n) is 1.95. The van der Waals surface area contributed by atoms with Crippen molar-refractivity contribution < 1.29 is 18.7 Å². The van der Waals surface area contributed by atoms with Crippen LogP contribution in [0.4, 0.5) is 10.1 Å². The summed E-state index contributed by atoms with van der Waals surface area (Å²) < 4.78 is 23.9. The molecule has 2 aromatic rings. The molecule has 2 rings (SSSR count). The van der Waals surface area contributed by atoms with Crippen LogP contribution in [-0.2, 0) is 4.74 Å². The van der Waals surface area contributed by atoms with Crippen molar-refractivity contribution in [3.05, 3.63) is 47.8 Å². The highest BCUT2D eigenvalue weighted by Gasteiger charge is 2.18. The number of rotatable bonds is 3. The summed E-state index contributed by atoms with van der Waals surface area (Å²) in [5, 5.41) is 0. The van der Waals surface area contributed by atoms with Gasteiger partial charge in [-0.2, -0.15) is 0 Å². The SMILES string of the molecule is COC(=O)c1cc(N)ccc1-c1cccc(OC)c1F. The van der Waals surface area contributed by atoms with E-state index in [0.717, 1.165) is 0 Å². The molecule has 0 aliphatic carbocycles. The topological polar surface area (TPSA) is 61.5 Å². The highest BCUT2D eigenvalue weighted by atomic mass is 19.1. The van der Waals surface area contributed by atoms with Gasteiger partial charge in [0, 0.05) is 11.3 Å². The van der Waals surface area contributed by atoms with E-state index in [0.29, 0.717) is 11.3 Å². The van der Waals surface area contributed by atoms with E-state index in [9.17, 15) is 9.18 Å². The minimum absolute atomic E-state index is 0.107. The zero-order chi connectivity index (χ0) is 14.7. The summed E-state index contributed by atoms with van der Waals surface area (Å²) in [5.41, 5.74) is 6.93. The summed E-state index contributed by atoms with van der Waals surface area (Å²) in [6.07, 6.45) is 0. The van der Waals surface area contributed by atoms with Crippen molar-refractivity contribution in [2.24, 2.45) is 0 Å². The van der Waals surface area contributed by atoms with E-state index in [2.05, 4.69) is 0 Å². The number of nitrogens with two attached hydrogens (primary N) is 1. The van der Waals surface area contributed by atoms with Gasteiger partial charge in [-0.3, -0.25) is 0 Å². The van der Waals surface area contributed by atoms with Crippen molar-refractivity contribution in [3.63, 3.8) is 0 Å². The van der Waals surface area contributed by atoms with Gasteiger partial charge in [0.1, 0.15) is 0 Å². The molecule has 5 heteroatoms. The number of hydrogen-bond acceptors (Lipinski definition) is 4. The second-order valence-electron chi connectivity index (χ2n) is 4.12. The van der Waals surface area contributed by atoms with Gasteiger partial charge >= 0.3 is 5.97 Å². The lowest BCUT2D eigenvalue weighted by molar-refractivity contribution is 0.0601. The average molecular weight is 275 g/mol. The van der Waals surface area contributed by atoms with Gasteiger partial charge in [0.05, 0.1) is 19.8 Å². The summed E-state index contributed by atoms with van der Waals surface area (Å²) >= 11 is 0. The van der Waals surface area contributed by atoms with E-state index in [4.69, 9.17) is 15.2 Å². The predicted molar refractivity (Wildman–Crippen MR) is 74.1 cm³/mol. The smallest absolute Gasteiger partial charge is 0.338 e. The van der Waals surface area contributed by atoms with Crippen LogP contribution in [0, 0.1) is 5.82 Å².